The number of aromatic amines is 1. The van der Waals surface area contributed by atoms with Gasteiger partial charge in [-0.05, 0) is 12.1 Å². The van der Waals surface area contributed by atoms with E-state index < -0.39 is 23.1 Å². The molecule has 0 spiro atoms. The third-order valence-corrected chi connectivity index (χ3v) is 1.75. The zero-order chi connectivity index (χ0) is 10.3. The van der Waals surface area contributed by atoms with Gasteiger partial charge in [0.25, 0.3) is 0 Å². The summed E-state index contributed by atoms with van der Waals surface area (Å²) in [6.45, 7) is 0. The average Bonchev–Trinajstić information content (AvgIpc) is 2.43. The molecule has 1 aromatic carbocycles. The molecule has 0 aliphatic rings. The van der Waals surface area contributed by atoms with Gasteiger partial charge < -0.3 is 9.52 Å². The molecule has 0 saturated heterocycles. The highest BCUT2D eigenvalue weighted by atomic mass is 19.1. The van der Waals surface area contributed by atoms with Crippen LogP contribution in [0.3, 0.4) is 0 Å². The molecule has 72 valence electrons. The van der Waals surface area contributed by atoms with Crippen molar-refractivity contribution in [1.29, 1.82) is 0 Å². The topological polar surface area (TPSA) is 83.3 Å². The molecule has 0 radical (unpaired) electrons. The van der Waals surface area contributed by atoms with Crippen LogP contribution < -0.4 is 5.76 Å². The molecule has 1 heterocycles. The number of rotatable bonds is 1. The number of hydrogen-bond acceptors (Lipinski definition) is 3. The Labute approximate surface area is 75.8 Å². The summed E-state index contributed by atoms with van der Waals surface area (Å²) < 4.78 is 17.5. The molecule has 0 amide bonds. The average molecular weight is 197 g/mol. The van der Waals surface area contributed by atoms with Gasteiger partial charge in [-0.3, -0.25) is 4.98 Å². The van der Waals surface area contributed by atoms with Crippen LogP contribution in [-0.4, -0.2) is 16.1 Å². The molecule has 0 atom stereocenters. The van der Waals surface area contributed by atoms with E-state index in [2.05, 4.69) is 9.40 Å². The number of hydrogen-bond donors (Lipinski definition) is 2. The number of aromatic carboxylic acids is 1. The molecule has 6 heteroatoms. The van der Waals surface area contributed by atoms with E-state index in [1.165, 1.54) is 6.07 Å². The second-order valence-corrected chi connectivity index (χ2v) is 2.62. The highest BCUT2D eigenvalue weighted by molar-refractivity contribution is 6.00. The van der Waals surface area contributed by atoms with E-state index >= 15 is 0 Å². The molecule has 1 aromatic heterocycles. The zero-order valence-electron chi connectivity index (χ0n) is 6.70. The van der Waals surface area contributed by atoms with E-state index in [9.17, 15) is 14.0 Å². The van der Waals surface area contributed by atoms with E-state index in [-0.39, 0.29) is 11.1 Å². The van der Waals surface area contributed by atoms with Crippen LogP contribution in [0.1, 0.15) is 10.4 Å². The van der Waals surface area contributed by atoms with Gasteiger partial charge in [0.1, 0.15) is 11.4 Å². The molecule has 5 nitrogen and oxygen atoms in total. The zero-order valence-corrected chi connectivity index (χ0v) is 6.70. The molecular weight excluding hydrogens is 193 g/mol. The number of fused-ring (bicyclic) bond motifs is 1. The summed E-state index contributed by atoms with van der Waals surface area (Å²) >= 11 is 0. The lowest BCUT2D eigenvalue weighted by Gasteiger charge is -1.95. The Morgan fingerprint density at radius 3 is 2.86 bits per heavy atom. The molecule has 0 fully saturated rings. The second kappa shape index (κ2) is 2.69. The summed E-state index contributed by atoms with van der Waals surface area (Å²) in [6.07, 6.45) is 0. The van der Waals surface area contributed by atoms with Crippen LogP contribution in [0.2, 0.25) is 0 Å². The van der Waals surface area contributed by atoms with Crippen molar-refractivity contribution in [3.8, 4) is 0 Å². The third-order valence-electron chi connectivity index (χ3n) is 1.75. The molecule has 0 bridgehead atoms. The molecule has 2 rings (SSSR count). The predicted octanol–water partition coefficient (Wildman–Crippen LogP) is 0.958. The van der Waals surface area contributed by atoms with Crippen molar-refractivity contribution in [3.05, 3.63) is 34.1 Å². The van der Waals surface area contributed by atoms with Crippen molar-refractivity contribution in [1.82, 2.24) is 4.98 Å². The predicted molar refractivity (Wildman–Crippen MR) is 43.8 cm³/mol. The summed E-state index contributed by atoms with van der Waals surface area (Å²) in [7, 11) is 0. The van der Waals surface area contributed by atoms with Gasteiger partial charge >= 0.3 is 11.7 Å². The molecule has 0 aliphatic carbocycles. The first-order valence-corrected chi connectivity index (χ1v) is 3.64. The highest BCUT2D eigenvalue weighted by Crippen LogP contribution is 2.18. The molecule has 0 unspecified atom stereocenters. The van der Waals surface area contributed by atoms with E-state index in [1.807, 2.05) is 0 Å². The first kappa shape index (κ1) is 8.49. The minimum absolute atomic E-state index is 0.161. The van der Waals surface area contributed by atoms with Crippen molar-refractivity contribution in [2.45, 2.75) is 0 Å². The summed E-state index contributed by atoms with van der Waals surface area (Å²) in [5.41, 5.74) is -0.753. The minimum atomic E-state index is -1.48. The number of H-pyrrole nitrogens is 1. The van der Waals surface area contributed by atoms with Gasteiger partial charge in [0.05, 0.1) is 5.52 Å². The van der Waals surface area contributed by atoms with Gasteiger partial charge in [-0.2, -0.15) is 0 Å². The largest absolute Gasteiger partial charge is 0.477 e. The molecule has 2 aromatic rings. The van der Waals surface area contributed by atoms with E-state index in [0.29, 0.717) is 0 Å². The van der Waals surface area contributed by atoms with Crippen molar-refractivity contribution in [2.75, 3.05) is 0 Å². The monoisotopic (exact) mass is 197 g/mol. The number of carboxylic acid groups (broad SMARTS) is 1. The van der Waals surface area contributed by atoms with Crippen molar-refractivity contribution in [2.24, 2.45) is 0 Å². The summed E-state index contributed by atoms with van der Waals surface area (Å²) in [6, 6.07) is 2.19. The lowest BCUT2D eigenvalue weighted by atomic mass is 10.2. The Morgan fingerprint density at radius 1 is 1.50 bits per heavy atom. The van der Waals surface area contributed by atoms with Crippen LogP contribution in [0.25, 0.3) is 11.1 Å². The minimum Gasteiger partial charge on any atom is -0.477 e. The van der Waals surface area contributed by atoms with Crippen molar-refractivity contribution in [3.63, 3.8) is 0 Å². The first-order valence-electron chi connectivity index (χ1n) is 3.64. The molecule has 2 N–H and O–H groups in total. The summed E-state index contributed by atoms with van der Waals surface area (Å²) in [4.78, 5) is 23.6. The van der Waals surface area contributed by atoms with Crippen LogP contribution >= 0.6 is 0 Å². The molecule has 0 saturated carbocycles. The number of oxazole rings is 1. The number of carbonyl (C=O) groups is 1. The van der Waals surface area contributed by atoms with Crippen LogP contribution in [0.4, 0.5) is 4.39 Å². The van der Waals surface area contributed by atoms with Gasteiger partial charge in [0.2, 0.25) is 0 Å². The Hall–Kier alpha value is -2.11. The van der Waals surface area contributed by atoms with E-state index in [4.69, 9.17) is 5.11 Å². The second-order valence-electron chi connectivity index (χ2n) is 2.62. The fourth-order valence-electron chi connectivity index (χ4n) is 1.19. The highest BCUT2D eigenvalue weighted by Gasteiger charge is 2.18. The summed E-state index contributed by atoms with van der Waals surface area (Å²) in [5.74, 6) is -3.23. The number of aromatic nitrogens is 1. The maximum absolute atomic E-state index is 13.0. The summed E-state index contributed by atoms with van der Waals surface area (Å²) in [5, 5.41) is 8.66. The van der Waals surface area contributed by atoms with Crippen molar-refractivity contribution >= 4 is 17.1 Å². The SMILES string of the molecule is O=C(O)c1c(F)ccc2[nH]c(=O)oc12. The molecular formula is C8H4FNO4. The van der Waals surface area contributed by atoms with Crippen LogP contribution in [0.15, 0.2) is 21.3 Å². The number of benzene rings is 1. The number of halogens is 1. The fraction of sp³-hybridized carbons (Fsp3) is 0. The fourth-order valence-corrected chi connectivity index (χ4v) is 1.19. The maximum atomic E-state index is 13.0. The molecule has 14 heavy (non-hydrogen) atoms. The Kier molecular flexibility index (Phi) is 1.63. The lowest BCUT2D eigenvalue weighted by molar-refractivity contribution is 0.0693. The van der Waals surface area contributed by atoms with Crippen LogP contribution in [0, 0.1) is 5.82 Å². The van der Waals surface area contributed by atoms with Gasteiger partial charge in [0.15, 0.2) is 5.58 Å². The number of nitrogens with one attached hydrogen (secondary N) is 1. The normalized spacial score (nSPS) is 10.6. The molecule has 0 aliphatic heterocycles. The smallest absolute Gasteiger partial charge is 0.417 e. The third kappa shape index (κ3) is 1.08. The standard InChI is InChI=1S/C8H4FNO4/c9-3-1-2-4-6(5(3)7(11)12)14-8(13)10-4/h1-2H,(H,10,13)(H,11,12). The van der Waals surface area contributed by atoms with Gasteiger partial charge in [-0.1, -0.05) is 0 Å². The van der Waals surface area contributed by atoms with Crippen molar-refractivity contribution < 1.29 is 18.7 Å². The van der Waals surface area contributed by atoms with Gasteiger partial charge in [-0.25, -0.2) is 14.0 Å². The van der Waals surface area contributed by atoms with Crippen LogP contribution in [-0.2, 0) is 0 Å². The van der Waals surface area contributed by atoms with E-state index in [1.54, 1.807) is 0 Å². The first-order chi connectivity index (χ1) is 6.59. The number of carboxylic acids is 1. The van der Waals surface area contributed by atoms with Gasteiger partial charge in [-0.15, -0.1) is 0 Å². The lowest BCUT2D eigenvalue weighted by Crippen LogP contribution is -2.00. The van der Waals surface area contributed by atoms with Crippen LogP contribution in [0.5, 0.6) is 0 Å². The van der Waals surface area contributed by atoms with E-state index in [0.717, 1.165) is 6.07 Å². The Balaban J connectivity index is 2.95. The Bertz CT molecular complexity index is 568. The van der Waals surface area contributed by atoms with Gasteiger partial charge in [0, 0.05) is 0 Å². The maximum Gasteiger partial charge on any atom is 0.417 e. The quantitative estimate of drug-likeness (QED) is 0.713. The Morgan fingerprint density at radius 2 is 2.21 bits per heavy atom.